The van der Waals surface area contributed by atoms with E-state index < -0.39 is 11.7 Å². The first-order valence-electron chi connectivity index (χ1n) is 8.30. The quantitative estimate of drug-likeness (QED) is 0.531. The Bertz CT molecular complexity index is 792. The number of benzene rings is 2. The number of rotatable bonds is 6. The zero-order chi connectivity index (χ0) is 19.9. The van der Waals surface area contributed by atoms with E-state index in [-0.39, 0.29) is 12.3 Å². The largest absolute Gasteiger partial charge is 0.508 e. The number of nitrogens with one attached hydrogen (secondary N) is 2. The maximum absolute atomic E-state index is 12.8. The average molecular weight is 381 g/mol. The van der Waals surface area contributed by atoms with E-state index in [0.717, 1.165) is 17.7 Å². The number of phenolic OH excluding ortho intramolecular Hbond substituents is 1. The molecule has 2 rings (SSSR count). The highest BCUT2D eigenvalue weighted by Crippen LogP contribution is 2.29. The Balaban J connectivity index is 1.86. The molecule has 0 saturated carbocycles. The van der Waals surface area contributed by atoms with Crippen molar-refractivity contribution < 1.29 is 23.0 Å². The van der Waals surface area contributed by atoms with Gasteiger partial charge in [-0.05, 0) is 35.7 Å². The van der Waals surface area contributed by atoms with Gasteiger partial charge >= 0.3 is 6.18 Å². The molecule has 5 nitrogen and oxygen atoms in total. The smallest absolute Gasteiger partial charge is 0.416 e. The number of nitrogens with zero attached hydrogens (tertiary/aromatic N) is 1. The van der Waals surface area contributed by atoms with Gasteiger partial charge in [-0.2, -0.15) is 13.2 Å². The topological polar surface area (TPSA) is 65.9 Å². The van der Waals surface area contributed by atoms with Crippen molar-refractivity contribution in [3.63, 3.8) is 0 Å². The number of guanidine groups is 1. The van der Waals surface area contributed by atoms with Crippen LogP contribution < -0.4 is 15.4 Å². The van der Waals surface area contributed by atoms with Crippen molar-refractivity contribution in [3.8, 4) is 11.5 Å². The standard InChI is InChI=1S/C19H22F3N3O2/c1-23-18(24-9-8-14-6-7-16(27-2)11-17(14)26)25-12-13-4-3-5-15(10-13)19(20,21)22/h3-7,10-11,26H,8-9,12H2,1-2H3,(H2,23,24,25). The number of halogens is 3. The van der Waals surface area contributed by atoms with E-state index in [2.05, 4.69) is 15.6 Å². The number of hydrogen-bond donors (Lipinski definition) is 3. The summed E-state index contributed by atoms with van der Waals surface area (Å²) in [5.74, 6) is 1.17. The van der Waals surface area contributed by atoms with Gasteiger partial charge < -0.3 is 20.5 Å². The summed E-state index contributed by atoms with van der Waals surface area (Å²) >= 11 is 0. The van der Waals surface area contributed by atoms with Crippen LogP contribution in [0, 0.1) is 0 Å². The van der Waals surface area contributed by atoms with E-state index in [1.807, 2.05) is 0 Å². The Labute approximate surface area is 155 Å². The normalized spacial score (nSPS) is 12.0. The third-order valence-electron chi connectivity index (χ3n) is 3.92. The summed E-state index contributed by atoms with van der Waals surface area (Å²) in [6, 6.07) is 10.2. The van der Waals surface area contributed by atoms with Gasteiger partial charge in [0.2, 0.25) is 0 Å². The summed E-state index contributed by atoms with van der Waals surface area (Å²) in [6.07, 6.45) is -3.82. The molecule has 0 heterocycles. The van der Waals surface area contributed by atoms with E-state index in [1.54, 1.807) is 25.2 Å². The number of ether oxygens (including phenoxy) is 1. The van der Waals surface area contributed by atoms with Crippen LogP contribution in [0.1, 0.15) is 16.7 Å². The molecule has 0 bridgehead atoms. The summed E-state index contributed by atoms with van der Waals surface area (Å²) in [5, 5.41) is 16.0. The fraction of sp³-hybridized carbons (Fsp3) is 0.316. The Morgan fingerprint density at radius 3 is 2.56 bits per heavy atom. The first-order chi connectivity index (χ1) is 12.8. The van der Waals surface area contributed by atoms with Crippen LogP contribution in [0.25, 0.3) is 0 Å². The van der Waals surface area contributed by atoms with Gasteiger partial charge in [0.05, 0.1) is 12.7 Å². The molecule has 0 aliphatic carbocycles. The minimum Gasteiger partial charge on any atom is -0.508 e. The highest BCUT2D eigenvalue weighted by atomic mass is 19.4. The molecule has 0 atom stereocenters. The van der Waals surface area contributed by atoms with Crippen molar-refractivity contribution in [2.75, 3.05) is 20.7 Å². The van der Waals surface area contributed by atoms with Gasteiger partial charge in [-0.1, -0.05) is 18.2 Å². The molecule has 0 spiro atoms. The van der Waals surface area contributed by atoms with Crippen LogP contribution in [0.3, 0.4) is 0 Å². The van der Waals surface area contributed by atoms with E-state index in [4.69, 9.17) is 4.74 Å². The third-order valence-corrected chi connectivity index (χ3v) is 3.92. The molecule has 0 radical (unpaired) electrons. The molecule has 0 aliphatic rings. The summed E-state index contributed by atoms with van der Waals surface area (Å²) in [6.45, 7) is 0.694. The van der Waals surface area contributed by atoms with Gasteiger partial charge in [0, 0.05) is 26.2 Å². The van der Waals surface area contributed by atoms with E-state index in [0.29, 0.717) is 30.2 Å². The summed E-state index contributed by atoms with van der Waals surface area (Å²) in [7, 11) is 3.10. The van der Waals surface area contributed by atoms with E-state index in [9.17, 15) is 18.3 Å². The Morgan fingerprint density at radius 2 is 1.93 bits per heavy atom. The second-order valence-corrected chi connectivity index (χ2v) is 5.80. The van der Waals surface area contributed by atoms with Crippen molar-refractivity contribution in [1.29, 1.82) is 0 Å². The number of aliphatic imine (C=N–C) groups is 1. The fourth-order valence-electron chi connectivity index (χ4n) is 2.46. The van der Waals surface area contributed by atoms with Crippen molar-refractivity contribution >= 4 is 5.96 Å². The predicted molar refractivity (Wildman–Crippen MR) is 98.0 cm³/mol. The van der Waals surface area contributed by atoms with Gasteiger partial charge in [-0.3, -0.25) is 4.99 Å². The zero-order valence-corrected chi connectivity index (χ0v) is 15.1. The molecule has 0 unspecified atom stereocenters. The van der Waals surface area contributed by atoms with E-state index >= 15 is 0 Å². The van der Waals surface area contributed by atoms with E-state index in [1.165, 1.54) is 19.2 Å². The van der Waals surface area contributed by atoms with Crippen LogP contribution in [-0.4, -0.2) is 31.8 Å². The molecule has 0 aliphatic heterocycles. The van der Waals surface area contributed by atoms with Gasteiger partial charge in [-0.25, -0.2) is 0 Å². The molecule has 0 saturated heterocycles. The van der Waals surface area contributed by atoms with Crippen molar-refractivity contribution in [1.82, 2.24) is 10.6 Å². The van der Waals surface area contributed by atoms with Gasteiger partial charge in [0.1, 0.15) is 11.5 Å². The van der Waals surface area contributed by atoms with Gasteiger partial charge in [0.25, 0.3) is 0 Å². The highest BCUT2D eigenvalue weighted by molar-refractivity contribution is 5.79. The van der Waals surface area contributed by atoms with Crippen molar-refractivity contribution in [2.24, 2.45) is 4.99 Å². The lowest BCUT2D eigenvalue weighted by molar-refractivity contribution is -0.137. The van der Waals surface area contributed by atoms with Crippen LogP contribution in [0.2, 0.25) is 0 Å². The van der Waals surface area contributed by atoms with Crippen LogP contribution in [0.15, 0.2) is 47.5 Å². The first-order valence-corrected chi connectivity index (χ1v) is 8.30. The highest BCUT2D eigenvalue weighted by Gasteiger charge is 2.30. The fourth-order valence-corrected chi connectivity index (χ4v) is 2.46. The third kappa shape index (κ3) is 6.09. The second-order valence-electron chi connectivity index (χ2n) is 5.80. The van der Waals surface area contributed by atoms with Crippen LogP contribution >= 0.6 is 0 Å². The zero-order valence-electron chi connectivity index (χ0n) is 15.1. The first kappa shape index (κ1) is 20.4. The molecule has 146 valence electrons. The molecule has 8 heteroatoms. The maximum atomic E-state index is 12.8. The molecular weight excluding hydrogens is 359 g/mol. The van der Waals surface area contributed by atoms with Gasteiger partial charge in [0.15, 0.2) is 5.96 Å². The lowest BCUT2D eigenvalue weighted by atomic mass is 10.1. The molecule has 2 aromatic rings. The molecule has 0 amide bonds. The van der Waals surface area contributed by atoms with Crippen molar-refractivity contribution in [2.45, 2.75) is 19.1 Å². The van der Waals surface area contributed by atoms with Crippen molar-refractivity contribution in [3.05, 3.63) is 59.2 Å². The number of methoxy groups -OCH3 is 1. The maximum Gasteiger partial charge on any atom is 0.416 e. The molecular formula is C19H22F3N3O2. The van der Waals surface area contributed by atoms with Crippen LogP contribution in [0.5, 0.6) is 11.5 Å². The summed E-state index contributed by atoms with van der Waals surface area (Å²) < 4.78 is 43.3. The minimum atomic E-state index is -4.36. The Hall–Kier alpha value is -2.90. The molecule has 0 fully saturated rings. The lowest BCUT2D eigenvalue weighted by Gasteiger charge is -2.14. The predicted octanol–water partition coefficient (Wildman–Crippen LogP) is 3.33. The number of aromatic hydroxyl groups is 1. The Kier molecular flexibility index (Phi) is 6.92. The molecule has 27 heavy (non-hydrogen) atoms. The SMILES string of the molecule is CN=C(NCCc1ccc(OC)cc1O)NCc1cccc(C(F)(F)F)c1. The summed E-state index contributed by atoms with van der Waals surface area (Å²) in [4.78, 5) is 4.04. The number of alkyl halides is 3. The Morgan fingerprint density at radius 1 is 1.15 bits per heavy atom. The lowest BCUT2D eigenvalue weighted by Crippen LogP contribution is -2.37. The average Bonchev–Trinajstić information content (AvgIpc) is 2.65. The van der Waals surface area contributed by atoms with Gasteiger partial charge in [-0.15, -0.1) is 0 Å². The number of phenols is 1. The minimum absolute atomic E-state index is 0.142. The molecule has 0 aromatic heterocycles. The van der Waals surface area contributed by atoms with Crippen LogP contribution in [0.4, 0.5) is 13.2 Å². The summed E-state index contributed by atoms with van der Waals surface area (Å²) in [5.41, 5.74) is 0.567. The number of hydrogen-bond acceptors (Lipinski definition) is 3. The molecule has 2 aromatic carbocycles. The second kappa shape index (κ2) is 9.16. The van der Waals surface area contributed by atoms with Crippen LogP contribution in [-0.2, 0) is 19.1 Å². The monoisotopic (exact) mass is 381 g/mol. The molecule has 3 N–H and O–H groups in total.